The second-order valence-corrected chi connectivity index (χ2v) is 10.3. The van der Waals surface area contributed by atoms with Crippen LogP contribution in [0.15, 0.2) is 36.4 Å². The summed E-state index contributed by atoms with van der Waals surface area (Å²) in [7, 11) is 0. The van der Waals surface area contributed by atoms with Crippen molar-refractivity contribution in [2.45, 2.75) is 44.3 Å². The number of aryl methyl sites for hydroxylation is 1. The third-order valence-corrected chi connectivity index (χ3v) is 7.79. The lowest BCUT2D eigenvalue weighted by atomic mass is 9.89. The first-order valence-electron chi connectivity index (χ1n) is 12.8. The first-order chi connectivity index (χ1) is 17.7. The van der Waals surface area contributed by atoms with Crippen LogP contribution in [0.25, 0.3) is 0 Å². The molecule has 5 rings (SSSR count). The summed E-state index contributed by atoms with van der Waals surface area (Å²) in [4.78, 5) is 33.2. The molecule has 0 radical (unpaired) electrons. The van der Waals surface area contributed by atoms with Crippen molar-refractivity contribution in [1.82, 2.24) is 14.8 Å². The highest BCUT2D eigenvalue weighted by Crippen LogP contribution is 2.34. The molecule has 37 heavy (non-hydrogen) atoms. The van der Waals surface area contributed by atoms with Crippen molar-refractivity contribution >= 4 is 17.7 Å². The average Bonchev–Trinajstić information content (AvgIpc) is 2.85. The number of halogens is 3. The monoisotopic (exact) mass is 516 g/mol. The fraction of sp³-hybridized carbons (Fsp3) is 0.519. The van der Waals surface area contributed by atoms with Crippen LogP contribution in [-0.4, -0.2) is 64.5 Å². The lowest BCUT2D eigenvalue weighted by Crippen LogP contribution is -2.57. The van der Waals surface area contributed by atoms with Crippen LogP contribution in [0, 0.1) is 11.8 Å². The fourth-order valence-corrected chi connectivity index (χ4v) is 5.64. The van der Waals surface area contributed by atoms with Crippen LogP contribution in [0.1, 0.15) is 47.7 Å². The van der Waals surface area contributed by atoms with Gasteiger partial charge in [0, 0.05) is 38.4 Å². The molecular formula is C27H31F3N4O3. The lowest BCUT2D eigenvalue weighted by Gasteiger charge is -2.44. The van der Waals surface area contributed by atoms with E-state index in [1.165, 1.54) is 17.7 Å². The molecule has 3 aliphatic heterocycles. The molecule has 10 heteroatoms. The molecule has 1 atom stereocenters. The molecule has 2 aromatic rings. The number of carboxylic acids is 1. The number of benzene rings is 1. The minimum Gasteiger partial charge on any atom is -0.480 e. The Morgan fingerprint density at radius 3 is 2.43 bits per heavy atom. The van der Waals surface area contributed by atoms with E-state index in [0.29, 0.717) is 19.0 Å². The quantitative estimate of drug-likeness (QED) is 0.604. The van der Waals surface area contributed by atoms with E-state index >= 15 is 0 Å². The normalized spacial score (nSPS) is 20.0. The van der Waals surface area contributed by atoms with E-state index in [4.69, 9.17) is 4.98 Å². The Morgan fingerprint density at radius 1 is 1.08 bits per heavy atom. The largest absolute Gasteiger partial charge is 0.480 e. The minimum absolute atomic E-state index is 0.0300. The number of anilines is 1. The summed E-state index contributed by atoms with van der Waals surface area (Å²) >= 11 is 0. The standard InChI is InChI=1S/C27H31F3N4O3/c28-27(29,30)21-6-3-18(4-7-21)23(26(36)37)34-15-20(16-34)25(35)33-12-9-17(10-13-33)14-22-8-5-19-2-1-11-31-24(19)32-22/h3-8,17,20,23H,1-2,9-16H2,(H,31,32)(H,36,37)/t23-/m1/s1. The van der Waals surface area contributed by atoms with E-state index < -0.39 is 23.8 Å². The van der Waals surface area contributed by atoms with Gasteiger partial charge in [-0.2, -0.15) is 13.2 Å². The fourth-order valence-electron chi connectivity index (χ4n) is 5.64. The number of alkyl halides is 3. The van der Waals surface area contributed by atoms with Crippen molar-refractivity contribution in [1.29, 1.82) is 0 Å². The van der Waals surface area contributed by atoms with E-state index in [1.807, 2.05) is 4.90 Å². The SMILES string of the molecule is O=C(O)[C@@H](c1ccc(C(F)(F)F)cc1)N1CC(C(=O)N2CCC(Cc3ccc4c(n3)NCCC4)CC2)C1. The lowest BCUT2D eigenvalue weighted by molar-refractivity contribution is -0.153. The molecular weight excluding hydrogens is 485 g/mol. The van der Waals surface area contributed by atoms with Crippen molar-refractivity contribution in [3.63, 3.8) is 0 Å². The van der Waals surface area contributed by atoms with Gasteiger partial charge in [0.15, 0.2) is 0 Å². The molecule has 1 aromatic carbocycles. The van der Waals surface area contributed by atoms with Crippen molar-refractivity contribution < 1.29 is 27.9 Å². The first-order valence-corrected chi connectivity index (χ1v) is 12.8. The Labute approximate surface area is 213 Å². The molecule has 1 amide bonds. The van der Waals surface area contributed by atoms with Gasteiger partial charge in [-0.05, 0) is 67.3 Å². The summed E-state index contributed by atoms with van der Waals surface area (Å²) in [5.74, 6) is 0.0649. The van der Waals surface area contributed by atoms with Gasteiger partial charge in [0.1, 0.15) is 11.9 Å². The Morgan fingerprint density at radius 2 is 1.78 bits per heavy atom. The molecule has 0 bridgehead atoms. The smallest absolute Gasteiger partial charge is 0.416 e. The number of hydrogen-bond donors (Lipinski definition) is 2. The van der Waals surface area contributed by atoms with Crippen LogP contribution < -0.4 is 5.32 Å². The number of aromatic nitrogens is 1. The maximum atomic E-state index is 13.0. The molecule has 2 N–H and O–H groups in total. The van der Waals surface area contributed by atoms with Gasteiger partial charge in [-0.25, -0.2) is 4.98 Å². The van der Waals surface area contributed by atoms with Crippen LogP contribution >= 0.6 is 0 Å². The summed E-state index contributed by atoms with van der Waals surface area (Å²) < 4.78 is 38.6. The van der Waals surface area contributed by atoms with Gasteiger partial charge < -0.3 is 15.3 Å². The average molecular weight is 517 g/mol. The number of fused-ring (bicyclic) bond motifs is 1. The molecule has 4 heterocycles. The van der Waals surface area contributed by atoms with Gasteiger partial charge in [-0.3, -0.25) is 14.5 Å². The zero-order valence-corrected chi connectivity index (χ0v) is 20.5. The third-order valence-electron chi connectivity index (χ3n) is 7.79. The van der Waals surface area contributed by atoms with Crippen LogP contribution in [0.2, 0.25) is 0 Å². The highest BCUT2D eigenvalue weighted by atomic mass is 19.4. The third kappa shape index (κ3) is 5.58. The number of carbonyl (C=O) groups excluding carboxylic acids is 1. The number of nitrogens with one attached hydrogen (secondary N) is 1. The molecule has 7 nitrogen and oxygen atoms in total. The van der Waals surface area contributed by atoms with Crippen LogP contribution in [-0.2, 0) is 28.6 Å². The van der Waals surface area contributed by atoms with Gasteiger partial charge in [0.05, 0.1) is 11.5 Å². The topological polar surface area (TPSA) is 85.8 Å². The number of amides is 1. The second kappa shape index (κ2) is 10.3. The Balaban J connectivity index is 1.12. The number of carboxylic acid groups (broad SMARTS) is 1. The molecule has 0 aliphatic carbocycles. The van der Waals surface area contributed by atoms with E-state index in [1.54, 1.807) is 4.90 Å². The minimum atomic E-state index is -4.48. The predicted molar refractivity (Wildman–Crippen MR) is 131 cm³/mol. The number of likely N-dealkylation sites (tertiary alicyclic amines) is 2. The molecule has 0 unspecified atom stereocenters. The van der Waals surface area contributed by atoms with E-state index in [-0.39, 0.29) is 30.5 Å². The predicted octanol–water partition coefficient (Wildman–Crippen LogP) is 4.00. The first kappa shape index (κ1) is 25.5. The van der Waals surface area contributed by atoms with E-state index in [2.05, 4.69) is 17.4 Å². The summed E-state index contributed by atoms with van der Waals surface area (Å²) in [5.41, 5.74) is 1.81. The Kier molecular flexibility index (Phi) is 7.11. The number of pyridine rings is 1. The van der Waals surface area contributed by atoms with Crippen LogP contribution in [0.3, 0.4) is 0 Å². The molecule has 0 saturated carbocycles. The Hall–Kier alpha value is -3.14. The number of nitrogens with zero attached hydrogens (tertiary/aromatic N) is 3. The van der Waals surface area contributed by atoms with Crippen molar-refractivity contribution in [2.75, 3.05) is 38.0 Å². The van der Waals surface area contributed by atoms with E-state index in [9.17, 15) is 27.9 Å². The number of piperidine rings is 1. The second-order valence-electron chi connectivity index (χ2n) is 10.3. The number of carbonyl (C=O) groups is 2. The number of rotatable bonds is 6. The Bertz CT molecular complexity index is 1140. The number of aliphatic carboxylic acids is 1. The highest BCUT2D eigenvalue weighted by molar-refractivity contribution is 5.81. The van der Waals surface area contributed by atoms with E-state index in [0.717, 1.165) is 62.3 Å². The van der Waals surface area contributed by atoms with Crippen molar-refractivity contribution in [2.24, 2.45) is 11.8 Å². The summed E-state index contributed by atoms with van der Waals surface area (Å²) in [6, 6.07) is 7.41. The van der Waals surface area contributed by atoms with Gasteiger partial charge in [-0.15, -0.1) is 0 Å². The zero-order chi connectivity index (χ0) is 26.2. The summed E-state index contributed by atoms with van der Waals surface area (Å²) in [6.07, 6.45) is 0.404. The van der Waals surface area contributed by atoms with Crippen molar-refractivity contribution in [3.8, 4) is 0 Å². The summed E-state index contributed by atoms with van der Waals surface area (Å²) in [5, 5.41) is 13.1. The van der Waals surface area contributed by atoms with Gasteiger partial charge in [0.2, 0.25) is 5.91 Å². The van der Waals surface area contributed by atoms with Crippen LogP contribution in [0.4, 0.5) is 19.0 Å². The maximum absolute atomic E-state index is 13.0. The molecule has 1 aromatic heterocycles. The van der Waals surface area contributed by atoms with Crippen LogP contribution in [0.5, 0.6) is 0 Å². The molecule has 2 saturated heterocycles. The molecule has 198 valence electrons. The van der Waals surface area contributed by atoms with Gasteiger partial charge in [-0.1, -0.05) is 18.2 Å². The molecule has 0 spiro atoms. The van der Waals surface area contributed by atoms with Gasteiger partial charge in [0.25, 0.3) is 0 Å². The maximum Gasteiger partial charge on any atom is 0.416 e. The van der Waals surface area contributed by atoms with Gasteiger partial charge >= 0.3 is 12.1 Å². The van der Waals surface area contributed by atoms with Crippen molar-refractivity contribution in [3.05, 3.63) is 58.8 Å². The highest BCUT2D eigenvalue weighted by Gasteiger charge is 2.42. The molecule has 2 fully saturated rings. The number of hydrogen-bond acceptors (Lipinski definition) is 5. The zero-order valence-electron chi connectivity index (χ0n) is 20.5. The summed E-state index contributed by atoms with van der Waals surface area (Å²) in [6.45, 7) is 2.86. The molecule has 3 aliphatic rings.